The Morgan fingerprint density at radius 1 is 1.00 bits per heavy atom. The van der Waals surface area contributed by atoms with Crippen molar-refractivity contribution in [1.29, 1.82) is 0 Å². The molecule has 0 aromatic carbocycles. The molecule has 0 radical (unpaired) electrons. The van der Waals surface area contributed by atoms with Crippen molar-refractivity contribution in [2.24, 2.45) is 0 Å². The molecule has 0 aliphatic rings. The van der Waals surface area contributed by atoms with Crippen molar-refractivity contribution < 1.29 is 35.5 Å². The van der Waals surface area contributed by atoms with Crippen LogP contribution in [0.4, 0.5) is 32.0 Å². The van der Waals surface area contributed by atoms with E-state index in [2.05, 4.69) is 19.6 Å². The molecule has 0 atom stereocenters. The Kier molecular flexibility index (Phi) is 6.73. The van der Waals surface area contributed by atoms with Crippen molar-refractivity contribution in [1.82, 2.24) is 15.2 Å². The van der Waals surface area contributed by atoms with E-state index >= 15 is 0 Å². The Morgan fingerprint density at radius 3 is 2.25 bits per heavy atom. The van der Waals surface area contributed by atoms with Crippen LogP contribution in [0.1, 0.15) is 50.5 Å². The van der Waals surface area contributed by atoms with Gasteiger partial charge in [-0.25, -0.2) is 4.98 Å². The van der Waals surface area contributed by atoms with Gasteiger partial charge in [-0.15, -0.1) is 10.2 Å². The minimum Gasteiger partial charge on any atom is -0.477 e. The predicted molar refractivity (Wildman–Crippen MR) is 86.2 cm³/mol. The van der Waals surface area contributed by atoms with E-state index in [1.54, 1.807) is 0 Å². The summed E-state index contributed by atoms with van der Waals surface area (Å²) >= 11 is 0. The van der Waals surface area contributed by atoms with Gasteiger partial charge in [-0.1, -0.05) is 32.6 Å². The molecule has 0 aliphatic heterocycles. The highest BCUT2D eigenvalue weighted by Crippen LogP contribution is 2.39. The maximum absolute atomic E-state index is 13.2. The fourth-order valence-corrected chi connectivity index (χ4v) is 2.30. The highest BCUT2D eigenvalue weighted by Gasteiger charge is 2.40. The van der Waals surface area contributed by atoms with E-state index in [0.29, 0.717) is 12.5 Å². The van der Waals surface area contributed by atoms with Crippen LogP contribution in [0.2, 0.25) is 0 Å². The molecule has 2 aromatic rings. The summed E-state index contributed by atoms with van der Waals surface area (Å²) in [6.45, 7) is 1.98. The maximum Gasteiger partial charge on any atom is 0.470 e. The lowest BCUT2D eigenvalue weighted by atomic mass is 10.1. The zero-order valence-electron chi connectivity index (χ0n) is 14.8. The molecular weight excluding hydrogens is 394 g/mol. The number of hydrogen-bond acceptors (Lipinski definition) is 6. The molecule has 0 saturated heterocycles. The number of aromatic nitrogens is 3. The summed E-state index contributed by atoms with van der Waals surface area (Å²) in [5.74, 6) is -3.23. The van der Waals surface area contributed by atoms with E-state index in [-0.39, 0.29) is 6.61 Å². The maximum atomic E-state index is 13.2. The molecule has 2 aromatic heterocycles. The highest BCUT2D eigenvalue weighted by atomic mass is 19.4. The van der Waals surface area contributed by atoms with E-state index in [9.17, 15) is 26.3 Å². The summed E-state index contributed by atoms with van der Waals surface area (Å²) in [5, 5.41) is 5.97. The van der Waals surface area contributed by atoms with E-state index in [1.165, 1.54) is 0 Å². The van der Waals surface area contributed by atoms with Crippen molar-refractivity contribution in [2.45, 2.75) is 51.4 Å². The van der Waals surface area contributed by atoms with Gasteiger partial charge >= 0.3 is 18.2 Å². The third-order valence-corrected chi connectivity index (χ3v) is 3.68. The zero-order valence-corrected chi connectivity index (χ0v) is 14.8. The molecule has 0 amide bonds. The normalized spacial score (nSPS) is 12.4. The number of nitrogen functional groups attached to an aromatic ring is 1. The molecule has 156 valence electrons. The van der Waals surface area contributed by atoms with E-state index in [0.717, 1.165) is 25.7 Å². The third kappa shape index (κ3) is 5.49. The SMILES string of the molecule is CCCCCCCOc1nc(-c2nnc(C(F)(F)F)o2)c(N)cc1C(F)(F)F. The smallest absolute Gasteiger partial charge is 0.470 e. The van der Waals surface area contributed by atoms with Crippen LogP contribution in [0.15, 0.2) is 10.5 Å². The molecule has 28 heavy (non-hydrogen) atoms. The summed E-state index contributed by atoms with van der Waals surface area (Å²) in [7, 11) is 0. The largest absolute Gasteiger partial charge is 0.477 e. The summed E-state index contributed by atoms with van der Waals surface area (Å²) in [6.07, 6.45) is -5.56. The molecular formula is C16H18F6N4O2. The molecule has 12 heteroatoms. The van der Waals surface area contributed by atoms with Crippen LogP contribution < -0.4 is 10.5 Å². The number of pyridine rings is 1. The van der Waals surface area contributed by atoms with Crippen molar-refractivity contribution in [3.8, 4) is 17.5 Å². The molecule has 0 spiro atoms. The average Bonchev–Trinajstić information content (AvgIpc) is 3.08. The number of halogens is 6. The Bertz CT molecular complexity index is 788. The lowest BCUT2D eigenvalue weighted by Crippen LogP contribution is -2.13. The van der Waals surface area contributed by atoms with Gasteiger partial charge < -0.3 is 14.9 Å². The zero-order chi connectivity index (χ0) is 20.9. The molecule has 0 saturated carbocycles. The molecule has 6 nitrogen and oxygen atoms in total. The second-order valence-electron chi connectivity index (χ2n) is 5.95. The lowest BCUT2D eigenvalue weighted by molar-refractivity contribution is -0.157. The fourth-order valence-electron chi connectivity index (χ4n) is 2.30. The van der Waals surface area contributed by atoms with Gasteiger partial charge in [-0.05, 0) is 12.5 Å². The Balaban J connectivity index is 2.29. The molecule has 0 fully saturated rings. The monoisotopic (exact) mass is 412 g/mol. The van der Waals surface area contributed by atoms with Crippen LogP contribution in [0.3, 0.4) is 0 Å². The minimum atomic E-state index is -4.91. The number of hydrogen-bond donors (Lipinski definition) is 1. The van der Waals surface area contributed by atoms with Gasteiger partial charge in [0.2, 0.25) is 5.88 Å². The third-order valence-electron chi connectivity index (χ3n) is 3.68. The lowest BCUT2D eigenvalue weighted by Gasteiger charge is -2.15. The molecule has 2 rings (SSSR count). The first-order valence-electron chi connectivity index (χ1n) is 8.45. The second-order valence-corrected chi connectivity index (χ2v) is 5.95. The summed E-state index contributed by atoms with van der Waals surface area (Å²) < 4.78 is 87.0. The van der Waals surface area contributed by atoms with Gasteiger partial charge in [0.15, 0.2) is 5.69 Å². The molecule has 0 aliphatic carbocycles. The summed E-state index contributed by atoms with van der Waals surface area (Å²) in [4.78, 5) is 3.61. The first-order chi connectivity index (χ1) is 13.0. The van der Waals surface area contributed by atoms with Crippen LogP contribution in [0.25, 0.3) is 11.6 Å². The van der Waals surface area contributed by atoms with Crippen LogP contribution in [-0.4, -0.2) is 21.8 Å². The summed E-state index contributed by atoms with van der Waals surface area (Å²) in [5.41, 5.74) is 3.20. The Morgan fingerprint density at radius 2 is 1.68 bits per heavy atom. The number of alkyl halides is 6. The fraction of sp³-hybridized carbons (Fsp3) is 0.562. The highest BCUT2D eigenvalue weighted by molar-refractivity contribution is 5.68. The van der Waals surface area contributed by atoms with Crippen LogP contribution in [0, 0.1) is 0 Å². The topological polar surface area (TPSA) is 87.1 Å². The minimum absolute atomic E-state index is 0.0409. The standard InChI is InChI=1S/C16H18F6N4O2/c1-2-3-4-5-6-7-27-12-9(15(17,18)19)8-10(23)11(24-12)13-25-26-14(28-13)16(20,21)22/h8H,2-7,23H2,1H3. The second kappa shape index (κ2) is 8.65. The van der Waals surface area contributed by atoms with E-state index < -0.39 is 47.0 Å². The van der Waals surface area contributed by atoms with Crippen molar-refractivity contribution in [3.05, 3.63) is 17.5 Å². The molecule has 0 unspecified atom stereocenters. The van der Waals surface area contributed by atoms with Crippen molar-refractivity contribution >= 4 is 5.69 Å². The number of unbranched alkanes of at least 4 members (excludes halogenated alkanes) is 4. The average molecular weight is 412 g/mol. The van der Waals surface area contributed by atoms with E-state index in [1.807, 2.05) is 6.92 Å². The van der Waals surface area contributed by atoms with Crippen LogP contribution in [0.5, 0.6) is 5.88 Å². The molecule has 0 bridgehead atoms. The first kappa shape index (κ1) is 21.8. The molecule has 2 N–H and O–H groups in total. The number of anilines is 1. The van der Waals surface area contributed by atoms with Gasteiger partial charge in [0.1, 0.15) is 5.56 Å². The van der Waals surface area contributed by atoms with Crippen LogP contribution in [-0.2, 0) is 12.4 Å². The van der Waals surface area contributed by atoms with Gasteiger partial charge in [0, 0.05) is 0 Å². The predicted octanol–water partition coefficient (Wildman–Crippen LogP) is 5.10. The Hall–Kier alpha value is -2.53. The Labute approximate surface area is 156 Å². The van der Waals surface area contributed by atoms with Crippen molar-refractivity contribution in [2.75, 3.05) is 12.3 Å². The number of ether oxygens (including phenoxy) is 1. The van der Waals surface area contributed by atoms with Crippen molar-refractivity contribution in [3.63, 3.8) is 0 Å². The van der Waals surface area contributed by atoms with Crippen LogP contribution >= 0.6 is 0 Å². The number of nitrogens with zero attached hydrogens (tertiary/aromatic N) is 3. The molecule has 2 heterocycles. The van der Waals surface area contributed by atoms with Gasteiger partial charge in [0.05, 0.1) is 12.3 Å². The quantitative estimate of drug-likeness (QED) is 0.480. The van der Waals surface area contributed by atoms with Gasteiger partial charge in [-0.3, -0.25) is 0 Å². The van der Waals surface area contributed by atoms with E-state index in [4.69, 9.17) is 10.5 Å². The number of nitrogens with two attached hydrogens (primary N) is 1. The van der Waals surface area contributed by atoms with Gasteiger partial charge in [-0.2, -0.15) is 26.3 Å². The number of rotatable bonds is 8. The first-order valence-corrected chi connectivity index (χ1v) is 8.45. The van der Waals surface area contributed by atoms with Gasteiger partial charge in [0.25, 0.3) is 5.89 Å². The summed E-state index contributed by atoms with van der Waals surface area (Å²) in [6, 6.07) is 0.520.